The first-order chi connectivity index (χ1) is 13.7. The average molecular weight is 397 g/mol. The van der Waals surface area contributed by atoms with Crippen LogP contribution in [0.1, 0.15) is 5.56 Å². The maximum absolute atomic E-state index is 12.3. The number of amides is 1. The summed E-state index contributed by atoms with van der Waals surface area (Å²) in [6, 6.07) is 13.2. The van der Waals surface area contributed by atoms with Crippen LogP contribution in [-0.4, -0.2) is 35.1 Å². The fraction of sp³-hybridized carbons (Fsp3) is 0.200. The Bertz CT molecular complexity index is 989. The molecule has 7 nitrogen and oxygen atoms in total. The fourth-order valence-corrected chi connectivity index (χ4v) is 3.63. The van der Waals surface area contributed by atoms with E-state index in [0.717, 1.165) is 16.5 Å². The van der Waals surface area contributed by atoms with Gasteiger partial charge in [-0.1, -0.05) is 30.0 Å². The van der Waals surface area contributed by atoms with Gasteiger partial charge in [0.1, 0.15) is 5.75 Å². The van der Waals surface area contributed by atoms with Crippen molar-refractivity contribution >= 4 is 23.4 Å². The molecule has 0 atom stereocenters. The minimum absolute atomic E-state index is 0.115. The van der Waals surface area contributed by atoms with Crippen LogP contribution in [0.5, 0.6) is 17.2 Å². The van der Waals surface area contributed by atoms with Crippen molar-refractivity contribution in [2.45, 2.75) is 11.7 Å². The van der Waals surface area contributed by atoms with E-state index in [1.54, 1.807) is 31.5 Å². The summed E-state index contributed by atoms with van der Waals surface area (Å²) in [6.07, 6.45) is 3.62. The van der Waals surface area contributed by atoms with E-state index in [4.69, 9.17) is 14.2 Å². The smallest absolute Gasteiger partial charge is 0.234 e. The minimum Gasteiger partial charge on any atom is -0.496 e. The second-order valence-electron chi connectivity index (χ2n) is 6.05. The topological polar surface area (TPSA) is 74.6 Å². The van der Waals surface area contributed by atoms with E-state index >= 15 is 0 Å². The quantitative estimate of drug-likeness (QED) is 0.616. The second-order valence-corrected chi connectivity index (χ2v) is 7.00. The van der Waals surface area contributed by atoms with Gasteiger partial charge in [0.2, 0.25) is 12.7 Å². The SMILES string of the molecule is COc1ccccc1Cn1ccnc1SCC(=O)Nc1ccc2c(c1)OCO2. The number of nitrogens with one attached hydrogen (secondary N) is 1. The Morgan fingerprint density at radius 1 is 1.25 bits per heavy atom. The fourth-order valence-electron chi connectivity index (χ4n) is 2.87. The summed E-state index contributed by atoms with van der Waals surface area (Å²) in [5, 5.41) is 3.64. The standard InChI is InChI=1S/C20H19N3O4S/c1-25-16-5-3-2-4-14(16)11-23-9-8-21-20(23)28-12-19(24)22-15-6-7-17-18(10-15)27-13-26-17/h2-10H,11-13H2,1H3,(H,22,24). The van der Waals surface area contributed by atoms with Crippen molar-refractivity contribution in [1.29, 1.82) is 0 Å². The summed E-state index contributed by atoms with van der Waals surface area (Å²) < 4.78 is 18.0. The lowest BCUT2D eigenvalue weighted by atomic mass is 10.2. The van der Waals surface area contributed by atoms with E-state index in [0.29, 0.717) is 23.7 Å². The maximum Gasteiger partial charge on any atom is 0.234 e. The molecule has 1 aromatic heterocycles. The number of rotatable bonds is 7. The van der Waals surface area contributed by atoms with E-state index in [2.05, 4.69) is 10.3 Å². The number of hydrogen-bond acceptors (Lipinski definition) is 6. The highest BCUT2D eigenvalue weighted by Gasteiger charge is 2.15. The summed E-state index contributed by atoms with van der Waals surface area (Å²) in [4.78, 5) is 16.7. The zero-order valence-corrected chi connectivity index (χ0v) is 16.1. The monoisotopic (exact) mass is 397 g/mol. The largest absolute Gasteiger partial charge is 0.496 e. The molecule has 1 amide bonds. The van der Waals surface area contributed by atoms with E-state index in [1.165, 1.54) is 11.8 Å². The third kappa shape index (κ3) is 4.07. The Morgan fingerprint density at radius 2 is 2.11 bits per heavy atom. The van der Waals surface area contributed by atoms with Gasteiger partial charge in [-0.3, -0.25) is 4.79 Å². The maximum atomic E-state index is 12.3. The number of fused-ring (bicyclic) bond motifs is 1. The number of ether oxygens (including phenoxy) is 3. The van der Waals surface area contributed by atoms with Gasteiger partial charge in [0.25, 0.3) is 0 Å². The molecule has 2 heterocycles. The zero-order valence-electron chi connectivity index (χ0n) is 15.3. The number of hydrogen-bond donors (Lipinski definition) is 1. The molecule has 0 spiro atoms. The molecule has 8 heteroatoms. The molecule has 144 valence electrons. The van der Waals surface area contributed by atoms with Gasteiger partial charge < -0.3 is 24.1 Å². The number of benzene rings is 2. The van der Waals surface area contributed by atoms with Gasteiger partial charge in [0.05, 0.1) is 19.4 Å². The van der Waals surface area contributed by atoms with Crippen molar-refractivity contribution in [2.24, 2.45) is 0 Å². The Labute approximate surface area is 166 Å². The molecule has 2 aromatic carbocycles. The molecule has 0 aliphatic carbocycles. The number of thioether (sulfide) groups is 1. The number of anilines is 1. The lowest BCUT2D eigenvalue weighted by Crippen LogP contribution is -2.14. The molecule has 4 rings (SSSR count). The van der Waals surface area contributed by atoms with Crippen LogP contribution in [0.4, 0.5) is 5.69 Å². The molecule has 0 saturated carbocycles. The van der Waals surface area contributed by atoms with Crippen molar-refractivity contribution in [2.75, 3.05) is 25.0 Å². The first-order valence-electron chi connectivity index (χ1n) is 8.68. The van der Waals surface area contributed by atoms with E-state index in [-0.39, 0.29) is 18.5 Å². The first kappa shape index (κ1) is 18.2. The third-order valence-corrected chi connectivity index (χ3v) is 5.20. The molecule has 1 N–H and O–H groups in total. The van der Waals surface area contributed by atoms with Crippen LogP contribution in [0, 0.1) is 0 Å². The molecular weight excluding hydrogens is 378 g/mol. The van der Waals surface area contributed by atoms with E-state index in [1.807, 2.05) is 35.0 Å². The summed E-state index contributed by atoms with van der Waals surface area (Å²) in [7, 11) is 1.66. The highest BCUT2D eigenvalue weighted by molar-refractivity contribution is 7.99. The van der Waals surface area contributed by atoms with E-state index < -0.39 is 0 Å². The van der Waals surface area contributed by atoms with Gasteiger partial charge in [-0.2, -0.15) is 0 Å². The molecule has 1 aliphatic heterocycles. The van der Waals surface area contributed by atoms with Gasteiger partial charge in [-0.15, -0.1) is 0 Å². The van der Waals surface area contributed by atoms with Crippen LogP contribution in [0.15, 0.2) is 60.0 Å². The highest BCUT2D eigenvalue weighted by atomic mass is 32.2. The highest BCUT2D eigenvalue weighted by Crippen LogP contribution is 2.34. The summed E-state index contributed by atoms with van der Waals surface area (Å²) >= 11 is 1.38. The van der Waals surface area contributed by atoms with Crippen LogP contribution >= 0.6 is 11.8 Å². The van der Waals surface area contributed by atoms with E-state index in [9.17, 15) is 4.79 Å². The Kier molecular flexibility index (Phi) is 5.38. The number of aromatic nitrogens is 2. The predicted octanol–water partition coefficient (Wildman–Crippen LogP) is 3.40. The van der Waals surface area contributed by atoms with Gasteiger partial charge in [-0.05, 0) is 18.2 Å². The Morgan fingerprint density at radius 3 is 3.00 bits per heavy atom. The van der Waals surface area contributed by atoms with Crippen molar-refractivity contribution in [3.8, 4) is 17.2 Å². The van der Waals surface area contributed by atoms with Crippen LogP contribution < -0.4 is 19.5 Å². The number of carbonyl (C=O) groups excluding carboxylic acids is 1. The number of para-hydroxylation sites is 1. The normalized spacial score (nSPS) is 12.0. The Hall–Kier alpha value is -3.13. The number of nitrogens with zero attached hydrogens (tertiary/aromatic N) is 2. The van der Waals surface area contributed by atoms with Crippen LogP contribution in [0.3, 0.4) is 0 Å². The number of imidazole rings is 1. The number of carbonyl (C=O) groups is 1. The molecule has 0 unspecified atom stereocenters. The van der Waals surface area contributed by atoms with Gasteiger partial charge >= 0.3 is 0 Å². The number of methoxy groups -OCH3 is 1. The molecule has 0 bridgehead atoms. The summed E-state index contributed by atoms with van der Waals surface area (Å²) in [5.74, 6) is 2.28. The molecular formula is C20H19N3O4S. The molecule has 1 aliphatic rings. The lowest BCUT2D eigenvalue weighted by molar-refractivity contribution is -0.113. The van der Waals surface area contributed by atoms with Crippen LogP contribution in [0.25, 0.3) is 0 Å². The molecule has 0 radical (unpaired) electrons. The lowest BCUT2D eigenvalue weighted by Gasteiger charge is -2.11. The van der Waals surface area contributed by atoms with Gasteiger partial charge in [0, 0.05) is 29.7 Å². The summed E-state index contributed by atoms with van der Waals surface area (Å²) in [6.45, 7) is 0.827. The average Bonchev–Trinajstić information content (AvgIpc) is 3.35. The molecule has 0 saturated heterocycles. The predicted molar refractivity (Wildman–Crippen MR) is 106 cm³/mol. The zero-order chi connectivity index (χ0) is 19.3. The summed E-state index contributed by atoms with van der Waals surface area (Å²) in [5.41, 5.74) is 1.72. The first-order valence-corrected chi connectivity index (χ1v) is 9.67. The third-order valence-electron chi connectivity index (χ3n) is 4.20. The Balaban J connectivity index is 1.36. The van der Waals surface area contributed by atoms with Crippen molar-refractivity contribution in [3.05, 3.63) is 60.4 Å². The molecule has 0 fully saturated rings. The van der Waals surface area contributed by atoms with Crippen molar-refractivity contribution in [3.63, 3.8) is 0 Å². The van der Waals surface area contributed by atoms with Crippen molar-refractivity contribution in [1.82, 2.24) is 9.55 Å². The van der Waals surface area contributed by atoms with Gasteiger partial charge in [0.15, 0.2) is 16.7 Å². The molecule has 28 heavy (non-hydrogen) atoms. The van der Waals surface area contributed by atoms with Crippen LogP contribution in [-0.2, 0) is 11.3 Å². The minimum atomic E-state index is -0.115. The van der Waals surface area contributed by atoms with Gasteiger partial charge in [-0.25, -0.2) is 4.98 Å². The molecule has 3 aromatic rings. The second kappa shape index (κ2) is 8.26. The van der Waals surface area contributed by atoms with Crippen molar-refractivity contribution < 1.29 is 19.0 Å². The van der Waals surface area contributed by atoms with Crippen LogP contribution in [0.2, 0.25) is 0 Å².